The number of aliphatic hydroxyl groups excluding tert-OH is 3. The summed E-state index contributed by atoms with van der Waals surface area (Å²) in [5, 5.41) is 43.6. The molecule has 0 aromatic heterocycles. The number of phosphoric ester groups is 2. The number of ketones is 1. The highest BCUT2D eigenvalue weighted by Crippen LogP contribution is 2.39. The van der Waals surface area contributed by atoms with E-state index < -0.39 is 90.5 Å². The first-order valence-corrected chi connectivity index (χ1v) is 49.5. The molecule has 7 N–H and O–H groups in total. The van der Waals surface area contributed by atoms with Crippen molar-refractivity contribution in [2.24, 2.45) is 0 Å². The predicted molar refractivity (Wildman–Crippen MR) is 454 cm³/mol. The lowest BCUT2D eigenvalue weighted by atomic mass is 10.0. The zero-order valence-corrected chi connectivity index (χ0v) is 75.0. The molecule has 0 saturated carbocycles. The van der Waals surface area contributed by atoms with E-state index in [0.717, 1.165) is 161 Å². The smallest absolute Gasteiger partial charge is 0.306 e. The van der Waals surface area contributed by atoms with E-state index in [4.69, 9.17) is 37.0 Å². The van der Waals surface area contributed by atoms with Gasteiger partial charge in [0.05, 0.1) is 77.0 Å². The van der Waals surface area contributed by atoms with Gasteiger partial charge in [-0.05, 0) is 70.6 Å². The molecule has 0 spiro atoms. The Labute approximate surface area is 693 Å². The summed E-state index contributed by atoms with van der Waals surface area (Å²) in [7, 11) is -9.92. The Morgan fingerprint density at radius 2 is 0.684 bits per heavy atom. The van der Waals surface area contributed by atoms with Crippen LogP contribution in [0.5, 0.6) is 0 Å². The quantitative estimate of drug-likeness (QED) is 0.0129. The molecule has 676 valence electrons. The maximum atomic E-state index is 13.3. The zero-order chi connectivity index (χ0) is 83.9. The average molecular weight is 1670 g/mol. The first kappa shape index (κ1) is 111. The number of unbranched alkanes of at least 4 members (excludes halogenated alkanes) is 41. The van der Waals surface area contributed by atoms with Crippen molar-refractivity contribution in [1.29, 1.82) is 0 Å². The molecule has 24 nitrogen and oxygen atoms in total. The van der Waals surface area contributed by atoms with Crippen LogP contribution in [0, 0.1) is 0 Å². The van der Waals surface area contributed by atoms with Crippen LogP contribution in [0.4, 0.5) is 0 Å². The summed E-state index contributed by atoms with van der Waals surface area (Å²) in [5.74, 6) is -1.66. The third-order valence-electron chi connectivity index (χ3n) is 20.9. The minimum Gasteiger partial charge on any atom is -0.756 e. The molecule has 0 fully saturated rings. The van der Waals surface area contributed by atoms with E-state index in [0.29, 0.717) is 57.8 Å². The van der Waals surface area contributed by atoms with Gasteiger partial charge in [-0.3, -0.25) is 38.4 Å². The van der Waals surface area contributed by atoms with E-state index in [1.54, 1.807) is 0 Å². The maximum Gasteiger partial charge on any atom is 0.306 e. The molecule has 9 unspecified atom stereocenters. The summed E-state index contributed by atoms with van der Waals surface area (Å²) in [6.45, 7) is 11.1. The van der Waals surface area contributed by atoms with E-state index in [1.165, 1.54) is 141 Å². The molecule has 0 rings (SSSR count). The summed E-state index contributed by atoms with van der Waals surface area (Å²) in [6, 6.07) is -1.83. The molecule has 0 saturated heterocycles. The van der Waals surface area contributed by atoms with Crippen LogP contribution >= 0.6 is 15.6 Å². The fourth-order valence-electron chi connectivity index (χ4n) is 13.9. The predicted octanol–water partition coefficient (Wildman–Crippen LogP) is 19.1. The Morgan fingerprint density at radius 3 is 1.11 bits per heavy atom. The minimum absolute atomic E-state index is 0.0155. The average Bonchev–Trinajstić information content (AvgIpc) is 0.912. The lowest BCUT2D eigenvalue weighted by Gasteiger charge is -2.27. The molecule has 0 aliphatic heterocycles. The van der Waals surface area contributed by atoms with Crippen molar-refractivity contribution in [3.8, 4) is 0 Å². The molecule has 0 aliphatic carbocycles. The first-order valence-electron chi connectivity index (χ1n) is 46.6. The monoisotopic (exact) mass is 1670 g/mol. The van der Waals surface area contributed by atoms with Gasteiger partial charge in [-0.2, -0.15) is 0 Å². The van der Waals surface area contributed by atoms with Crippen molar-refractivity contribution in [3.05, 3.63) is 0 Å². The second kappa shape index (κ2) is 81.5. The number of aliphatic hydroxyl groups is 3. The van der Waals surface area contributed by atoms with Crippen molar-refractivity contribution in [2.45, 2.75) is 470 Å². The number of rotatable bonds is 91. The van der Waals surface area contributed by atoms with Crippen molar-refractivity contribution >= 4 is 45.1 Å². The third kappa shape index (κ3) is 78.1. The number of phosphoric acid groups is 2. The van der Waals surface area contributed by atoms with E-state index >= 15 is 0 Å². The molecular weight excluding hydrogens is 1490 g/mol. The molecule has 3 amide bonds. The van der Waals surface area contributed by atoms with Crippen LogP contribution < -0.4 is 31.1 Å². The Bertz CT molecular complexity index is 2300. The second-order valence-corrected chi connectivity index (χ2v) is 35.0. The fourth-order valence-corrected chi connectivity index (χ4v) is 15.4. The number of carbonyl (C=O) groups is 5. The van der Waals surface area contributed by atoms with Crippen molar-refractivity contribution in [1.82, 2.24) is 21.3 Å². The highest BCUT2D eigenvalue weighted by Gasteiger charge is 2.24. The van der Waals surface area contributed by atoms with Crippen LogP contribution in [-0.4, -0.2) is 154 Å². The Balaban J connectivity index is 5.44. The summed E-state index contributed by atoms with van der Waals surface area (Å²) in [4.78, 5) is 90.8. The second-order valence-electron chi connectivity index (χ2n) is 32.2. The molecule has 0 bridgehead atoms. The number of hydrogen-bond acceptors (Lipinski definition) is 21. The fraction of sp³-hybridized carbons (Fsp3) is 0.943. The number of hydrogen-bond donors (Lipinski definition) is 7. The largest absolute Gasteiger partial charge is 0.756 e. The number of carbonyl (C=O) groups excluding carboxylic acids is 5. The lowest BCUT2D eigenvalue weighted by Crippen LogP contribution is -2.45. The van der Waals surface area contributed by atoms with E-state index in [-0.39, 0.29) is 89.2 Å². The topological polar surface area (TPSA) is 348 Å². The summed E-state index contributed by atoms with van der Waals surface area (Å²) >= 11 is 0. The Morgan fingerprint density at radius 1 is 0.342 bits per heavy atom. The zero-order valence-electron chi connectivity index (χ0n) is 73.2. The minimum atomic E-state index is -4.96. The Kier molecular flexibility index (Phi) is 79.7. The number of esters is 1. The van der Waals surface area contributed by atoms with E-state index in [2.05, 4.69) is 62.8 Å². The van der Waals surface area contributed by atoms with Gasteiger partial charge in [0.15, 0.2) is 6.29 Å². The summed E-state index contributed by atoms with van der Waals surface area (Å²) < 4.78 is 71.0. The molecule has 26 heteroatoms. The molecule has 0 aliphatic rings. The van der Waals surface area contributed by atoms with Crippen LogP contribution in [0.1, 0.15) is 427 Å². The van der Waals surface area contributed by atoms with Crippen molar-refractivity contribution in [2.75, 3.05) is 65.9 Å². The van der Waals surface area contributed by atoms with Crippen molar-refractivity contribution in [3.63, 3.8) is 0 Å². The Hall–Kier alpha value is -2.51. The van der Waals surface area contributed by atoms with Gasteiger partial charge >= 0.3 is 5.97 Å². The van der Waals surface area contributed by atoms with Crippen molar-refractivity contribution < 1.29 is 95.3 Å². The molecular formula is C88H172N4O20P2-2. The normalized spacial score (nSPS) is 14.7. The molecule has 0 radical (unpaired) electrons. The molecule has 0 heterocycles. The highest BCUT2D eigenvalue weighted by atomic mass is 31.2. The van der Waals surface area contributed by atoms with Gasteiger partial charge in [-0.25, -0.2) is 0 Å². The van der Waals surface area contributed by atoms with Gasteiger partial charge in [0, 0.05) is 58.2 Å². The SMILES string of the molecule is CCCCCCCCCCCC(=O)CC(O)NC(COCCC(CCCCCCC)OC(=O)CCCCCCCCCCC)COP(=O)([O-])OCCNC(=O)CCCCC(=O)NCCOP(=O)([O-])OCC(COCCC(CCCCCCC)OC(O)CCCCCCCCCCC)NC(=O)CC(O)CCCCCCCCCCC. The van der Waals surface area contributed by atoms with Gasteiger partial charge < -0.3 is 78.1 Å². The van der Waals surface area contributed by atoms with Gasteiger partial charge in [-0.1, -0.05) is 311 Å². The standard InChI is InChI=1S/C88H174N4O20P2/c1-7-13-19-25-29-33-37-43-47-55-79(93)71-85(97)91-77(73-105-67-63-81(57-49-41-23-17-11-5)111-87(99)61-51-45-39-35-31-27-21-15-9-3)75-109-113(101,102)107-69-65-89-83(95)59-53-54-60-84(96)90-66-70-108-114(103,104)110-76-78(92-86(98)72-80(94)56-48-44-38-34-30-26-20-14-8-2)74-106-68-64-82(58-50-42-24-18-12-6)112-88(100)62-52-46-40-36-32-28-22-16-10-4/h77-79,81-82,86-87,92-93,98-99H,7-76H2,1-6H3,(H,89,95)(H,90,96)(H,91,97)(H,101,102)(H,103,104)/p-2. The van der Waals surface area contributed by atoms with Crippen LogP contribution in [0.25, 0.3) is 0 Å². The van der Waals surface area contributed by atoms with Crippen LogP contribution in [0.2, 0.25) is 0 Å². The van der Waals surface area contributed by atoms with Crippen LogP contribution in [0.15, 0.2) is 0 Å². The highest BCUT2D eigenvalue weighted by molar-refractivity contribution is 7.46. The molecule has 9 atom stereocenters. The molecule has 0 aromatic rings. The molecule has 114 heavy (non-hydrogen) atoms. The number of Topliss-reactive ketones (excluding diaryl/α,β-unsaturated/α-hetero) is 1. The van der Waals surface area contributed by atoms with E-state index in [9.17, 15) is 58.2 Å². The van der Waals surface area contributed by atoms with E-state index in [1.807, 2.05) is 0 Å². The lowest BCUT2D eigenvalue weighted by molar-refractivity contribution is -0.227. The summed E-state index contributed by atoms with van der Waals surface area (Å²) in [5.41, 5.74) is 0. The summed E-state index contributed by atoms with van der Waals surface area (Å²) in [6.07, 6.45) is 52.2. The van der Waals surface area contributed by atoms with Gasteiger partial charge in [0.25, 0.3) is 15.6 Å². The van der Waals surface area contributed by atoms with Crippen LogP contribution in [0.3, 0.4) is 0 Å². The van der Waals surface area contributed by atoms with Gasteiger partial charge in [0.1, 0.15) is 18.1 Å². The number of nitrogens with one attached hydrogen (secondary N) is 4. The van der Waals surface area contributed by atoms with Crippen LogP contribution in [-0.2, 0) is 70.1 Å². The van der Waals surface area contributed by atoms with Gasteiger partial charge in [-0.15, -0.1) is 0 Å². The third-order valence-corrected chi connectivity index (χ3v) is 22.8. The first-order chi connectivity index (χ1) is 55.2. The number of amides is 3. The number of ether oxygens (including phenoxy) is 4. The molecule has 0 aromatic carbocycles. The van der Waals surface area contributed by atoms with Gasteiger partial charge in [0.2, 0.25) is 17.7 Å². The maximum absolute atomic E-state index is 13.3.